The smallest absolute Gasteiger partial charge is 0.387 e. The van der Waals surface area contributed by atoms with Crippen molar-refractivity contribution >= 4 is 17.6 Å². The molecule has 0 heterocycles. The third kappa shape index (κ3) is 7.13. The van der Waals surface area contributed by atoms with Crippen molar-refractivity contribution in [2.75, 3.05) is 19.0 Å². The highest BCUT2D eigenvalue weighted by molar-refractivity contribution is 5.98. The Balaban J connectivity index is 2.02. The summed E-state index contributed by atoms with van der Waals surface area (Å²) in [5.74, 6) is -0.800. The van der Waals surface area contributed by atoms with Gasteiger partial charge >= 0.3 is 12.6 Å². The van der Waals surface area contributed by atoms with Gasteiger partial charge in [0, 0.05) is 0 Å². The summed E-state index contributed by atoms with van der Waals surface area (Å²) < 4.78 is 45.5. The Morgan fingerprint density at radius 1 is 1.06 bits per heavy atom. The lowest BCUT2D eigenvalue weighted by atomic mass is 10.2. The van der Waals surface area contributed by atoms with E-state index in [2.05, 4.69) is 10.1 Å². The van der Waals surface area contributed by atoms with Gasteiger partial charge in [0.1, 0.15) is 5.75 Å². The summed E-state index contributed by atoms with van der Waals surface area (Å²) in [5.41, 5.74) is 0.201. The number of rotatable bonds is 11. The van der Waals surface area contributed by atoms with Crippen LogP contribution < -0.4 is 19.5 Å². The van der Waals surface area contributed by atoms with Crippen LogP contribution in [0.5, 0.6) is 17.2 Å². The van der Waals surface area contributed by atoms with E-state index in [1.54, 1.807) is 12.1 Å². The number of unbranched alkanes of at least 4 members (excludes halogenated alkanes) is 1. The van der Waals surface area contributed by atoms with Gasteiger partial charge in [0.15, 0.2) is 17.6 Å². The summed E-state index contributed by atoms with van der Waals surface area (Å²) in [6.45, 7) is 0.882. The van der Waals surface area contributed by atoms with Gasteiger partial charge in [-0.2, -0.15) is 8.78 Å². The molecule has 0 aromatic heterocycles. The summed E-state index contributed by atoms with van der Waals surface area (Å²) in [4.78, 5) is 24.8. The fourth-order valence-electron chi connectivity index (χ4n) is 2.53. The molecule has 2 aromatic carbocycles. The Kier molecular flexibility index (Phi) is 9.05. The highest BCUT2D eigenvalue weighted by Gasteiger charge is 2.22. The number of methoxy groups -OCH3 is 1. The van der Waals surface area contributed by atoms with Crippen LogP contribution in [-0.2, 0) is 9.53 Å². The maximum atomic E-state index is 12.5. The molecule has 31 heavy (non-hydrogen) atoms. The van der Waals surface area contributed by atoms with Crippen molar-refractivity contribution in [1.82, 2.24) is 0 Å². The number of hydrogen-bond acceptors (Lipinski definition) is 6. The molecule has 1 amide bonds. The van der Waals surface area contributed by atoms with Gasteiger partial charge in [0.05, 0.1) is 25.0 Å². The van der Waals surface area contributed by atoms with Gasteiger partial charge in [0.25, 0.3) is 5.91 Å². The monoisotopic (exact) mass is 437 g/mol. The number of esters is 1. The molecule has 0 fully saturated rings. The average molecular weight is 437 g/mol. The van der Waals surface area contributed by atoms with Crippen molar-refractivity contribution in [2.24, 2.45) is 0 Å². The second-order valence-electron chi connectivity index (χ2n) is 6.48. The van der Waals surface area contributed by atoms with E-state index in [1.165, 1.54) is 44.4 Å². The number of carbonyl (C=O) groups excluding carboxylic acids is 2. The van der Waals surface area contributed by atoms with Gasteiger partial charge in [-0.1, -0.05) is 25.5 Å². The van der Waals surface area contributed by atoms with Crippen LogP contribution in [0.3, 0.4) is 0 Å². The summed E-state index contributed by atoms with van der Waals surface area (Å²) in [5, 5.41) is 2.41. The van der Waals surface area contributed by atoms with Gasteiger partial charge < -0.3 is 24.3 Å². The first-order valence-corrected chi connectivity index (χ1v) is 9.72. The van der Waals surface area contributed by atoms with Crippen molar-refractivity contribution in [3.05, 3.63) is 48.0 Å². The van der Waals surface area contributed by atoms with Crippen LogP contribution in [0.2, 0.25) is 0 Å². The highest BCUT2D eigenvalue weighted by atomic mass is 19.3. The Hall–Kier alpha value is -3.36. The maximum Gasteiger partial charge on any atom is 0.387 e. The second-order valence-corrected chi connectivity index (χ2v) is 6.48. The number of halogens is 2. The van der Waals surface area contributed by atoms with E-state index in [4.69, 9.17) is 14.2 Å². The van der Waals surface area contributed by atoms with Crippen LogP contribution >= 0.6 is 0 Å². The molecular formula is C22H25F2NO6. The molecule has 2 rings (SSSR count). The van der Waals surface area contributed by atoms with Crippen LogP contribution in [0.4, 0.5) is 14.5 Å². The highest BCUT2D eigenvalue weighted by Crippen LogP contribution is 2.29. The van der Waals surface area contributed by atoms with Crippen LogP contribution in [0, 0.1) is 0 Å². The van der Waals surface area contributed by atoms with Crippen molar-refractivity contribution in [3.63, 3.8) is 0 Å². The fourth-order valence-corrected chi connectivity index (χ4v) is 2.53. The number of nitrogens with one attached hydrogen (secondary N) is 1. The zero-order chi connectivity index (χ0) is 22.8. The molecule has 0 saturated heterocycles. The molecule has 0 aliphatic carbocycles. The number of benzene rings is 2. The normalized spacial score (nSPS) is 11.5. The Labute approximate surface area is 179 Å². The number of anilines is 1. The lowest BCUT2D eigenvalue weighted by molar-refractivity contribution is -0.123. The van der Waals surface area contributed by atoms with E-state index >= 15 is 0 Å². The SMILES string of the molecule is CCCCOc1ccc(C(=O)OC(C)C(=O)Nc2ccccc2OC(F)F)cc1OC. The summed E-state index contributed by atoms with van der Waals surface area (Å²) >= 11 is 0. The molecule has 9 heteroatoms. The summed E-state index contributed by atoms with van der Waals surface area (Å²) in [6.07, 6.45) is 0.662. The molecular weight excluding hydrogens is 412 g/mol. The van der Waals surface area contributed by atoms with E-state index in [1.807, 2.05) is 6.92 Å². The minimum absolute atomic E-state index is 0.0333. The van der Waals surface area contributed by atoms with Crippen molar-refractivity contribution in [1.29, 1.82) is 0 Å². The lowest BCUT2D eigenvalue weighted by Gasteiger charge is -2.16. The Morgan fingerprint density at radius 3 is 2.48 bits per heavy atom. The van der Waals surface area contributed by atoms with Gasteiger partial charge in [-0.3, -0.25) is 4.79 Å². The molecule has 0 aliphatic heterocycles. The largest absolute Gasteiger partial charge is 0.493 e. The van der Waals surface area contributed by atoms with Crippen LogP contribution in [0.1, 0.15) is 37.0 Å². The molecule has 168 valence electrons. The first-order chi connectivity index (χ1) is 14.8. The van der Waals surface area contributed by atoms with Crippen LogP contribution in [-0.4, -0.2) is 38.3 Å². The van der Waals surface area contributed by atoms with Crippen LogP contribution in [0.15, 0.2) is 42.5 Å². The van der Waals surface area contributed by atoms with Crippen molar-refractivity contribution in [3.8, 4) is 17.2 Å². The Bertz CT molecular complexity index is 890. The van der Waals surface area contributed by atoms with Gasteiger partial charge in [-0.05, 0) is 43.7 Å². The number of para-hydroxylation sites is 2. The zero-order valence-corrected chi connectivity index (χ0v) is 17.5. The third-order valence-corrected chi connectivity index (χ3v) is 4.17. The number of hydrogen-bond donors (Lipinski definition) is 1. The van der Waals surface area contributed by atoms with E-state index < -0.39 is 24.6 Å². The lowest BCUT2D eigenvalue weighted by Crippen LogP contribution is -2.30. The van der Waals surface area contributed by atoms with E-state index in [0.717, 1.165) is 12.8 Å². The quantitative estimate of drug-likeness (QED) is 0.407. The standard InChI is InChI=1S/C22H25F2NO6/c1-4-5-12-29-18-11-10-15(13-19(18)28-3)21(27)30-14(2)20(26)25-16-8-6-7-9-17(16)31-22(23)24/h6-11,13-14,22H,4-5,12H2,1-3H3,(H,25,26). The second kappa shape index (κ2) is 11.7. The van der Waals surface area contributed by atoms with Crippen LogP contribution in [0.25, 0.3) is 0 Å². The fraction of sp³-hybridized carbons (Fsp3) is 0.364. The number of carbonyl (C=O) groups is 2. The molecule has 2 aromatic rings. The van der Waals surface area contributed by atoms with Gasteiger partial charge in [-0.25, -0.2) is 4.79 Å². The molecule has 1 unspecified atom stereocenters. The van der Waals surface area contributed by atoms with E-state index in [9.17, 15) is 18.4 Å². The number of alkyl halides is 2. The third-order valence-electron chi connectivity index (χ3n) is 4.17. The predicted molar refractivity (Wildman–Crippen MR) is 110 cm³/mol. The van der Waals surface area contributed by atoms with E-state index in [0.29, 0.717) is 18.1 Å². The predicted octanol–water partition coefficient (Wildman–Crippen LogP) is 4.66. The summed E-state index contributed by atoms with van der Waals surface area (Å²) in [6, 6.07) is 10.3. The maximum absolute atomic E-state index is 12.5. The minimum Gasteiger partial charge on any atom is -0.493 e. The minimum atomic E-state index is -3.04. The molecule has 0 bridgehead atoms. The van der Waals surface area contributed by atoms with Crippen molar-refractivity contribution < 1.29 is 37.3 Å². The zero-order valence-electron chi connectivity index (χ0n) is 17.5. The number of amides is 1. The molecule has 1 N–H and O–H groups in total. The Morgan fingerprint density at radius 2 is 1.81 bits per heavy atom. The first-order valence-electron chi connectivity index (χ1n) is 9.72. The molecule has 0 saturated carbocycles. The number of ether oxygens (including phenoxy) is 4. The summed E-state index contributed by atoms with van der Waals surface area (Å²) in [7, 11) is 1.45. The first kappa shape index (κ1) is 23.9. The van der Waals surface area contributed by atoms with Gasteiger partial charge in [-0.15, -0.1) is 0 Å². The molecule has 0 aliphatic rings. The molecule has 7 nitrogen and oxygen atoms in total. The van der Waals surface area contributed by atoms with Crippen molar-refractivity contribution in [2.45, 2.75) is 39.4 Å². The molecule has 1 atom stereocenters. The van der Waals surface area contributed by atoms with E-state index in [-0.39, 0.29) is 17.0 Å². The molecule has 0 radical (unpaired) electrons. The average Bonchev–Trinajstić information content (AvgIpc) is 2.74. The van der Waals surface area contributed by atoms with Gasteiger partial charge in [0.2, 0.25) is 0 Å². The molecule has 0 spiro atoms. The topological polar surface area (TPSA) is 83.1 Å².